The van der Waals surface area contributed by atoms with Gasteiger partial charge in [0.15, 0.2) is 5.03 Å². The highest BCUT2D eigenvalue weighted by Gasteiger charge is 2.34. The van der Waals surface area contributed by atoms with Crippen LogP contribution in [0.25, 0.3) is 0 Å². The van der Waals surface area contributed by atoms with E-state index in [1.165, 1.54) is 10.7 Å². The largest absolute Gasteiger partial charge is 0.316 e. The molecule has 0 aliphatic heterocycles. The second-order valence-electron chi connectivity index (χ2n) is 5.61. The number of H-pyrrole nitrogens is 1. The Bertz CT molecular complexity index is 540. The van der Waals surface area contributed by atoms with Crippen LogP contribution < -0.4 is 5.32 Å². The minimum atomic E-state index is -3.51. The second kappa shape index (κ2) is 6.24. The first-order valence-electron chi connectivity index (χ1n) is 7.13. The van der Waals surface area contributed by atoms with Gasteiger partial charge in [-0.1, -0.05) is 19.8 Å². The van der Waals surface area contributed by atoms with Gasteiger partial charge >= 0.3 is 0 Å². The SMILES string of the molecule is CNCc1cn[nH]c1S(=O)(=O)N(C)C1CCCCC1C. The van der Waals surface area contributed by atoms with E-state index in [1.807, 2.05) is 0 Å². The van der Waals surface area contributed by atoms with Gasteiger partial charge in [0, 0.05) is 25.2 Å². The van der Waals surface area contributed by atoms with Gasteiger partial charge in [-0.15, -0.1) is 0 Å². The Morgan fingerprint density at radius 3 is 2.80 bits per heavy atom. The molecule has 1 saturated carbocycles. The Balaban J connectivity index is 2.26. The number of rotatable bonds is 5. The minimum absolute atomic E-state index is 0.0829. The van der Waals surface area contributed by atoms with E-state index < -0.39 is 10.0 Å². The molecule has 0 bridgehead atoms. The smallest absolute Gasteiger partial charge is 0.260 e. The van der Waals surface area contributed by atoms with Gasteiger partial charge in [0.25, 0.3) is 10.0 Å². The van der Waals surface area contributed by atoms with E-state index >= 15 is 0 Å². The van der Waals surface area contributed by atoms with Crippen LogP contribution in [0.3, 0.4) is 0 Å². The molecule has 1 aliphatic rings. The fourth-order valence-electron chi connectivity index (χ4n) is 3.00. The van der Waals surface area contributed by atoms with Crippen LogP contribution >= 0.6 is 0 Å². The van der Waals surface area contributed by atoms with E-state index in [0.717, 1.165) is 19.3 Å². The fourth-order valence-corrected chi connectivity index (χ4v) is 4.58. The van der Waals surface area contributed by atoms with Crippen molar-refractivity contribution in [3.63, 3.8) is 0 Å². The number of aromatic amines is 1. The van der Waals surface area contributed by atoms with Crippen molar-refractivity contribution in [3.05, 3.63) is 11.8 Å². The molecule has 20 heavy (non-hydrogen) atoms. The molecule has 0 amide bonds. The van der Waals surface area contributed by atoms with E-state index in [9.17, 15) is 8.42 Å². The molecule has 0 saturated heterocycles. The summed E-state index contributed by atoms with van der Waals surface area (Å²) in [6.45, 7) is 2.62. The molecule has 1 heterocycles. The molecule has 1 aliphatic carbocycles. The van der Waals surface area contributed by atoms with Gasteiger partial charge in [-0.25, -0.2) is 8.42 Å². The van der Waals surface area contributed by atoms with Gasteiger partial charge in [0.1, 0.15) is 0 Å². The van der Waals surface area contributed by atoms with Crippen LogP contribution in [0.2, 0.25) is 0 Å². The van der Waals surface area contributed by atoms with Gasteiger partial charge in [-0.05, 0) is 25.8 Å². The van der Waals surface area contributed by atoms with Crippen LogP contribution in [-0.4, -0.2) is 43.1 Å². The van der Waals surface area contributed by atoms with Gasteiger partial charge in [0.05, 0.1) is 6.20 Å². The summed E-state index contributed by atoms with van der Waals surface area (Å²) in [5, 5.41) is 9.71. The molecule has 0 radical (unpaired) electrons. The predicted molar refractivity (Wildman–Crippen MR) is 77.7 cm³/mol. The summed E-state index contributed by atoms with van der Waals surface area (Å²) in [5.74, 6) is 0.402. The molecule has 1 aromatic heterocycles. The Labute approximate surface area is 121 Å². The number of nitrogens with one attached hydrogen (secondary N) is 2. The van der Waals surface area contributed by atoms with Crippen LogP contribution in [-0.2, 0) is 16.6 Å². The van der Waals surface area contributed by atoms with Crippen molar-refractivity contribution in [2.45, 2.75) is 50.2 Å². The van der Waals surface area contributed by atoms with Crippen molar-refractivity contribution in [2.75, 3.05) is 14.1 Å². The highest BCUT2D eigenvalue weighted by molar-refractivity contribution is 7.89. The maximum atomic E-state index is 12.8. The molecule has 0 spiro atoms. The monoisotopic (exact) mass is 300 g/mol. The molecule has 2 atom stereocenters. The first-order chi connectivity index (χ1) is 9.48. The summed E-state index contributed by atoms with van der Waals surface area (Å²) in [7, 11) is -0.0314. The van der Waals surface area contributed by atoms with Gasteiger partial charge in [0.2, 0.25) is 0 Å². The zero-order valence-electron chi connectivity index (χ0n) is 12.4. The zero-order valence-corrected chi connectivity index (χ0v) is 13.2. The van der Waals surface area contributed by atoms with E-state index in [0.29, 0.717) is 18.0 Å². The predicted octanol–water partition coefficient (Wildman–Crippen LogP) is 1.33. The Kier molecular flexibility index (Phi) is 4.82. The molecule has 6 nitrogen and oxygen atoms in total. The lowest BCUT2D eigenvalue weighted by Gasteiger charge is -2.35. The van der Waals surface area contributed by atoms with Crippen molar-refractivity contribution in [1.29, 1.82) is 0 Å². The van der Waals surface area contributed by atoms with Crippen molar-refractivity contribution in [1.82, 2.24) is 19.8 Å². The Morgan fingerprint density at radius 2 is 2.15 bits per heavy atom. The maximum absolute atomic E-state index is 12.8. The molecule has 1 fully saturated rings. The molecule has 1 aromatic rings. The zero-order chi connectivity index (χ0) is 14.8. The topological polar surface area (TPSA) is 78.1 Å². The molecular weight excluding hydrogens is 276 g/mol. The van der Waals surface area contributed by atoms with Gasteiger partial charge in [-0.3, -0.25) is 5.10 Å². The summed E-state index contributed by atoms with van der Waals surface area (Å²) < 4.78 is 27.1. The van der Waals surface area contributed by atoms with E-state index in [1.54, 1.807) is 20.3 Å². The first kappa shape index (κ1) is 15.5. The Hall–Kier alpha value is -0.920. The van der Waals surface area contributed by atoms with Gasteiger partial charge in [-0.2, -0.15) is 9.40 Å². The van der Waals surface area contributed by atoms with Crippen LogP contribution in [0.5, 0.6) is 0 Å². The van der Waals surface area contributed by atoms with Crippen molar-refractivity contribution in [2.24, 2.45) is 5.92 Å². The minimum Gasteiger partial charge on any atom is -0.316 e. The number of sulfonamides is 1. The van der Waals surface area contributed by atoms with E-state index in [4.69, 9.17) is 0 Å². The van der Waals surface area contributed by atoms with Gasteiger partial charge < -0.3 is 5.32 Å². The number of aromatic nitrogens is 2. The number of hydrogen-bond acceptors (Lipinski definition) is 4. The number of nitrogens with zero attached hydrogens (tertiary/aromatic N) is 2. The third-order valence-corrected chi connectivity index (χ3v) is 6.11. The molecular formula is C13H24N4O2S. The quantitative estimate of drug-likeness (QED) is 0.860. The average Bonchev–Trinajstić information content (AvgIpc) is 2.88. The molecule has 114 valence electrons. The summed E-state index contributed by atoms with van der Waals surface area (Å²) in [6, 6.07) is 0.0829. The molecule has 2 N–H and O–H groups in total. The van der Waals surface area contributed by atoms with Crippen LogP contribution in [0.15, 0.2) is 11.2 Å². The highest BCUT2D eigenvalue weighted by Crippen LogP contribution is 2.30. The second-order valence-corrected chi connectivity index (χ2v) is 7.54. The van der Waals surface area contributed by atoms with Crippen molar-refractivity contribution < 1.29 is 8.42 Å². The summed E-state index contributed by atoms with van der Waals surface area (Å²) in [4.78, 5) is 0. The number of hydrogen-bond donors (Lipinski definition) is 2. The van der Waals surface area contributed by atoms with Crippen molar-refractivity contribution in [3.8, 4) is 0 Å². The first-order valence-corrected chi connectivity index (χ1v) is 8.57. The van der Waals surface area contributed by atoms with Crippen LogP contribution in [0.4, 0.5) is 0 Å². The van der Waals surface area contributed by atoms with Crippen molar-refractivity contribution >= 4 is 10.0 Å². The molecule has 0 aromatic carbocycles. The summed E-state index contributed by atoms with van der Waals surface area (Å²) >= 11 is 0. The van der Waals surface area contributed by atoms with E-state index in [2.05, 4.69) is 22.4 Å². The third kappa shape index (κ3) is 2.89. The fraction of sp³-hybridized carbons (Fsp3) is 0.769. The van der Waals surface area contributed by atoms with Crippen LogP contribution in [0, 0.1) is 5.92 Å². The lowest BCUT2D eigenvalue weighted by atomic mass is 9.86. The molecule has 2 rings (SSSR count). The molecule has 2 unspecified atom stereocenters. The van der Waals surface area contributed by atoms with E-state index in [-0.39, 0.29) is 11.1 Å². The molecule has 7 heteroatoms. The highest BCUT2D eigenvalue weighted by atomic mass is 32.2. The Morgan fingerprint density at radius 1 is 1.45 bits per heavy atom. The summed E-state index contributed by atoms with van der Waals surface area (Å²) in [6.07, 6.45) is 5.90. The lowest BCUT2D eigenvalue weighted by molar-refractivity contribution is 0.213. The maximum Gasteiger partial charge on any atom is 0.260 e. The third-order valence-electron chi connectivity index (χ3n) is 4.22. The standard InChI is InChI=1S/C13H24N4O2S/c1-10-6-4-5-7-12(10)17(3)20(18,19)13-11(8-14-2)9-15-16-13/h9-10,12,14H,4-8H2,1-3H3,(H,15,16). The lowest BCUT2D eigenvalue weighted by Crippen LogP contribution is -2.43. The van der Waals surface area contributed by atoms with Crippen LogP contribution in [0.1, 0.15) is 38.2 Å². The normalized spacial score (nSPS) is 24.2. The average molecular weight is 300 g/mol. The summed E-state index contributed by atoms with van der Waals surface area (Å²) in [5.41, 5.74) is 0.683.